The van der Waals surface area contributed by atoms with Gasteiger partial charge in [-0.2, -0.15) is 4.98 Å². The van der Waals surface area contributed by atoms with Gasteiger partial charge >= 0.3 is 0 Å². The van der Waals surface area contributed by atoms with Crippen LogP contribution in [0.5, 0.6) is 0 Å². The fourth-order valence-electron chi connectivity index (χ4n) is 4.07. The summed E-state index contributed by atoms with van der Waals surface area (Å²) in [6, 6.07) is 5.82. The van der Waals surface area contributed by atoms with E-state index in [2.05, 4.69) is 22.5 Å². The molecule has 1 aliphatic carbocycles. The molecule has 33 heavy (non-hydrogen) atoms. The van der Waals surface area contributed by atoms with E-state index < -0.39 is 15.9 Å². The van der Waals surface area contributed by atoms with Gasteiger partial charge < -0.3 is 15.5 Å². The lowest BCUT2D eigenvalue weighted by Gasteiger charge is -2.27. The third-order valence-electron chi connectivity index (χ3n) is 5.91. The fourth-order valence-corrected chi connectivity index (χ4v) is 6.18. The van der Waals surface area contributed by atoms with E-state index in [1.165, 1.54) is 6.26 Å². The molecule has 9 heteroatoms. The van der Waals surface area contributed by atoms with E-state index in [4.69, 9.17) is 10.2 Å². The van der Waals surface area contributed by atoms with Crippen LogP contribution < -0.4 is 11.1 Å². The summed E-state index contributed by atoms with van der Waals surface area (Å²) in [7, 11) is -3.31. The zero-order valence-electron chi connectivity index (χ0n) is 19.4. The Morgan fingerprint density at radius 1 is 1.24 bits per heavy atom. The second-order valence-corrected chi connectivity index (χ2v) is 10.7. The maximum atomic E-state index is 13.3. The molecule has 1 amide bonds. The lowest BCUT2D eigenvalue weighted by Crippen LogP contribution is -2.40. The van der Waals surface area contributed by atoms with Crippen molar-refractivity contribution < 1.29 is 17.6 Å². The van der Waals surface area contributed by atoms with E-state index >= 15 is 0 Å². The number of carbonyl (C=O) groups is 1. The molecule has 0 atom stereocenters. The number of nitrogens with zero attached hydrogens (tertiary/aromatic N) is 2. The topological polar surface area (TPSA) is 119 Å². The van der Waals surface area contributed by atoms with Crippen molar-refractivity contribution in [1.29, 1.82) is 0 Å². The molecule has 0 saturated heterocycles. The Balaban J connectivity index is 1.62. The monoisotopic (exact) mass is 474 g/mol. The Morgan fingerprint density at radius 3 is 2.61 bits per heavy atom. The first-order valence-electron chi connectivity index (χ1n) is 11.6. The summed E-state index contributed by atoms with van der Waals surface area (Å²) in [6.07, 6.45) is 10.6. The minimum Gasteiger partial charge on any atom is -0.431 e. The van der Waals surface area contributed by atoms with Crippen LogP contribution in [0.1, 0.15) is 67.1 Å². The number of hydrogen-bond donors (Lipinski definition) is 2. The molecule has 1 aromatic heterocycles. The summed E-state index contributed by atoms with van der Waals surface area (Å²) in [5.41, 5.74) is 8.19. The first-order valence-corrected chi connectivity index (χ1v) is 13.1. The van der Waals surface area contributed by atoms with Crippen LogP contribution in [0.15, 0.2) is 41.0 Å². The molecule has 0 bridgehead atoms. The van der Waals surface area contributed by atoms with Crippen LogP contribution in [0.4, 0.5) is 11.7 Å². The number of aromatic nitrogens is 1. The molecule has 3 rings (SSSR count). The molecule has 3 N–H and O–H groups in total. The number of nitrogens with two attached hydrogens (primary N) is 1. The zero-order chi connectivity index (χ0) is 23.8. The quantitative estimate of drug-likeness (QED) is 0.496. The number of rotatable bonds is 10. The summed E-state index contributed by atoms with van der Waals surface area (Å²) >= 11 is 0. The van der Waals surface area contributed by atoms with Gasteiger partial charge in [0.15, 0.2) is 5.69 Å². The highest BCUT2D eigenvalue weighted by atomic mass is 32.2. The van der Waals surface area contributed by atoms with Crippen LogP contribution in [-0.4, -0.2) is 42.0 Å². The number of aryl methyl sites for hydroxylation is 2. The summed E-state index contributed by atoms with van der Waals surface area (Å²) in [5, 5.41) is 2.54. The average Bonchev–Trinajstić information content (AvgIpc) is 3.04. The van der Waals surface area contributed by atoms with Crippen molar-refractivity contribution in [3.8, 4) is 0 Å². The zero-order valence-corrected chi connectivity index (χ0v) is 20.2. The molecular weight excluding hydrogens is 440 g/mol. The van der Waals surface area contributed by atoms with Crippen LogP contribution in [-0.2, 0) is 16.4 Å². The molecule has 8 nitrogen and oxygen atoms in total. The SMILES string of the molecule is CCCN(CCCc1ccc(C)c(NC(=O)c2coc(N)n2)c1)S(=O)(=O)C1CCC=CCC1. The average molecular weight is 475 g/mol. The van der Waals surface area contributed by atoms with E-state index in [9.17, 15) is 13.2 Å². The van der Waals surface area contributed by atoms with Crippen molar-refractivity contribution in [3.05, 3.63) is 53.4 Å². The largest absolute Gasteiger partial charge is 0.431 e. The number of anilines is 2. The number of hydrogen-bond acceptors (Lipinski definition) is 6. The Kier molecular flexibility index (Phi) is 8.68. The Bertz CT molecular complexity index is 1070. The number of benzene rings is 1. The van der Waals surface area contributed by atoms with Gasteiger partial charge in [0.25, 0.3) is 11.9 Å². The predicted octanol–water partition coefficient (Wildman–Crippen LogP) is 4.29. The summed E-state index contributed by atoms with van der Waals surface area (Å²) in [5.74, 6) is -0.395. The van der Waals surface area contributed by atoms with Gasteiger partial charge in [-0.25, -0.2) is 12.7 Å². The number of oxazole rings is 1. The Morgan fingerprint density at radius 2 is 1.97 bits per heavy atom. The highest BCUT2D eigenvalue weighted by Gasteiger charge is 2.30. The van der Waals surface area contributed by atoms with Crippen molar-refractivity contribution in [2.45, 2.75) is 64.0 Å². The smallest absolute Gasteiger partial charge is 0.292 e. The normalized spacial score (nSPS) is 15.0. The van der Waals surface area contributed by atoms with Gasteiger partial charge in [0, 0.05) is 18.8 Å². The lowest BCUT2D eigenvalue weighted by atomic mass is 10.1. The first kappa shape index (κ1) is 25.0. The molecule has 0 unspecified atom stereocenters. The van der Waals surface area contributed by atoms with E-state index in [-0.39, 0.29) is 17.0 Å². The number of carbonyl (C=O) groups excluding carboxylic acids is 1. The summed E-state index contributed by atoms with van der Waals surface area (Å²) < 4.78 is 33.1. The first-order chi connectivity index (χ1) is 15.8. The van der Waals surface area contributed by atoms with Gasteiger partial charge in [0.05, 0.1) is 5.25 Å². The second-order valence-electron chi connectivity index (χ2n) is 8.47. The second kappa shape index (κ2) is 11.5. The van der Waals surface area contributed by atoms with Gasteiger partial charge in [-0.3, -0.25) is 4.79 Å². The minimum atomic E-state index is -3.31. The van der Waals surface area contributed by atoms with Crippen LogP contribution in [0, 0.1) is 6.92 Å². The maximum absolute atomic E-state index is 13.3. The molecule has 1 aliphatic rings. The fraction of sp³-hybridized carbons (Fsp3) is 0.500. The van der Waals surface area contributed by atoms with Crippen LogP contribution in [0.3, 0.4) is 0 Å². The van der Waals surface area contributed by atoms with Crippen molar-refractivity contribution in [1.82, 2.24) is 9.29 Å². The third kappa shape index (κ3) is 6.68. The highest BCUT2D eigenvalue weighted by Crippen LogP contribution is 2.24. The van der Waals surface area contributed by atoms with Crippen molar-refractivity contribution >= 4 is 27.6 Å². The highest BCUT2D eigenvalue weighted by molar-refractivity contribution is 7.89. The van der Waals surface area contributed by atoms with Crippen LogP contribution in [0.25, 0.3) is 0 Å². The van der Waals surface area contributed by atoms with E-state index in [1.807, 2.05) is 32.0 Å². The van der Waals surface area contributed by atoms with Gasteiger partial charge in [0.2, 0.25) is 10.0 Å². The standard InChI is InChI=1S/C24H34N4O4S/c1-3-14-28(33(30,31)20-10-6-4-5-7-11-20)15-8-9-19-13-12-18(2)21(16-19)26-23(29)22-17-32-24(25)27-22/h4-5,12-13,16-17,20H,3,6-11,14-15H2,1-2H3,(H2,25,27)(H,26,29). The number of sulfonamides is 1. The molecule has 0 spiro atoms. The number of nitrogens with one attached hydrogen (secondary N) is 1. The number of allylic oxidation sites excluding steroid dienone is 2. The lowest BCUT2D eigenvalue weighted by molar-refractivity contribution is 0.102. The molecule has 1 aromatic carbocycles. The third-order valence-corrected chi connectivity index (χ3v) is 8.31. The van der Waals surface area contributed by atoms with Crippen molar-refractivity contribution in [2.24, 2.45) is 0 Å². The van der Waals surface area contributed by atoms with Gasteiger partial charge in [-0.05, 0) is 69.1 Å². The molecule has 180 valence electrons. The predicted molar refractivity (Wildman–Crippen MR) is 131 cm³/mol. The molecule has 2 aromatic rings. The molecule has 0 fully saturated rings. The maximum Gasteiger partial charge on any atom is 0.292 e. The van der Waals surface area contributed by atoms with Crippen LogP contribution >= 0.6 is 0 Å². The van der Waals surface area contributed by atoms with Gasteiger partial charge in [-0.1, -0.05) is 31.2 Å². The number of amides is 1. The molecule has 1 heterocycles. The molecule has 0 radical (unpaired) electrons. The van der Waals surface area contributed by atoms with E-state index in [0.717, 1.165) is 30.4 Å². The van der Waals surface area contributed by atoms with Crippen LogP contribution in [0.2, 0.25) is 0 Å². The van der Waals surface area contributed by atoms with E-state index in [0.29, 0.717) is 44.5 Å². The molecule has 0 saturated carbocycles. The molecular formula is C24H34N4O4S. The Hall–Kier alpha value is -2.65. The van der Waals surface area contributed by atoms with Gasteiger partial charge in [-0.15, -0.1) is 0 Å². The van der Waals surface area contributed by atoms with E-state index in [1.54, 1.807) is 4.31 Å². The summed E-state index contributed by atoms with van der Waals surface area (Å²) in [6.45, 7) is 4.96. The van der Waals surface area contributed by atoms with Crippen molar-refractivity contribution in [3.63, 3.8) is 0 Å². The summed E-state index contributed by atoms with van der Waals surface area (Å²) in [4.78, 5) is 16.2. The Labute approximate surface area is 196 Å². The van der Waals surface area contributed by atoms with Gasteiger partial charge in [0.1, 0.15) is 6.26 Å². The minimum absolute atomic E-state index is 0.0580. The van der Waals surface area contributed by atoms with Crippen molar-refractivity contribution in [2.75, 3.05) is 24.1 Å². The number of nitrogen functional groups attached to an aromatic ring is 1. The molecule has 0 aliphatic heterocycles.